The number of aromatic nitrogens is 5. The Balaban J connectivity index is 1.15. The summed E-state index contributed by atoms with van der Waals surface area (Å²) in [6, 6.07) is 9.54. The Morgan fingerprint density at radius 3 is 1.97 bits per heavy atom. The van der Waals surface area contributed by atoms with Crippen LogP contribution in [-0.4, -0.2) is 41.7 Å². The van der Waals surface area contributed by atoms with Crippen molar-refractivity contribution in [2.45, 2.75) is 38.5 Å². The number of benzene rings is 1. The van der Waals surface area contributed by atoms with Crippen LogP contribution in [0.4, 0.5) is 10.3 Å². The fraction of sp³-hybridized carbons (Fsp3) is 0.286. The highest BCUT2D eigenvalue weighted by Crippen LogP contribution is 2.22. The van der Waals surface area contributed by atoms with Crippen molar-refractivity contribution in [3.63, 3.8) is 0 Å². The van der Waals surface area contributed by atoms with Gasteiger partial charge in [0.1, 0.15) is 21.5 Å². The third-order valence-corrected chi connectivity index (χ3v) is 7.07. The van der Waals surface area contributed by atoms with Gasteiger partial charge in [-0.15, -0.1) is 20.4 Å². The third-order valence-electron chi connectivity index (χ3n) is 4.62. The Kier molecular flexibility index (Phi) is 8.22. The lowest BCUT2D eigenvalue weighted by atomic mass is 10.1. The number of hydrogen-bond acceptors (Lipinski definition) is 11. The van der Waals surface area contributed by atoms with Crippen LogP contribution >= 0.6 is 34.2 Å². The molecule has 0 bridgehead atoms. The van der Waals surface area contributed by atoms with Gasteiger partial charge in [0, 0.05) is 12.8 Å². The average Bonchev–Trinajstić information content (AvgIpc) is 3.55. The van der Waals surface area contributed by atoms with E-state index in [4.69, 9.17) is 0 Å². The first kappa shape index (κ1) is 23.9. The third kappa shape index (κ3) is 7.10. The van der Waals surface area contributed by atoms with Gasteiger partial charge in [-0.1, -0.05) is 53.0 Å². The van der Waals surface area contributed by atoms with E-state index in [1.807, 2.05) is 30.3 Å². The highest BCUT2D eigenvalue weighted by atomic mass is 32.1. The molecular weight excluding hydrogens is 494 g/mol. The maximum atomic E-state index is 12.1. The number of nitrogens with zero attached hydrogens (tertiary/aromatic N) is 5. The van der Waals surface area contributed by atoms with E-state index in [9.17, 15) is 14.7 Å². The molecule has 0 spiro atoms. The SMILES string of the molecule is O=C(Cc1ccccc1)Nc1nnc(CCCCc2nnc(NC(=O)Cc3nscc3O)s2)s1. The molecule has 0 unspecified atom stereocenters. The van der Waals surface area contributed by atoms with Crippen LogP contribution in [0, 0.1) is 0 Å². The van der Waals surface area contributed by atoms with Gasteiger partial charge in [-0.2, -0.15) is 4.37 Å². The van der Waals surface area contributed by atoms with Crippen LogP contribution < -0.4 is 10.6 Å². The van der Waals surface area contributed by atoms with Crippen molar-refractivity contribution in [1.82, 2.24) is 24.8 Å². The van der Waals surface area contributed by atoms with Gasteiger partial charge in [0.15, 0.2) is 0 Å². The minimum atomic E-state index is -0.299. The van der Waals surface area contributed by atoms with Crippen LogP contribution in [0.2, 0.25) is 0 Å². The number of unbranched alkanes of at least 4 members (excludes halogenated alkanes) is 1. The number of anilines is 2. The molecule has 0 aliphatic rings. The maximum Gasteiger partial charge on any atom is 0.232 e. The van der Waals surface area contributed by atoms with Gasteiger partial charge in [-0.25, -0.2) is 0 Å². The maximum absolute atomic E-state index is 12.1. The zero-order valence-corrected chi connectivity index (χ0v) is 20.4. The molecule has 4 rings (SSSR count). The molecule has 4 aromatic rings. The largest absolute Gasteiger partial charge is 0.505 e. The lowest BCUT2D eigenvalue weighted by Crippen LogP contribution is -2.14. The van der Waals surface area contributed by atoms with E-state index in [-0.39, 0.29) is 24.0 Å². The van der Waals surface area contributed by atoms with E-state index in [0.717, 1.165) is 52.8 Å². The summed E-state index contributed by atoms with van der Waals surface area (Å²) in [5.74, 6) is -0.390. The molecule has 3 aromatic heterocycles. The van der Waals surface area contributed by atoms with Crippen LogP contribution in [-0.2, 0) is 35.3 Å². The molecule has 0 aliphatic heterocycles. The van der Waals surface area contributed by atoms with Crippen LogP contribution in [0.3, 0.4) is 0 Å². The molecule has 0 saturated carbocycles. The van der Waals surface area contributed by atoms with E-state index >= 15 is 0 Å². The van der Waals surface area contributed by atoms with Crippen LogP contribution in [0.15, 0.2) is 35.7 Å². The highest BCUT2D eigenvalue weighted by molar-refractivity contribution is 7.15. The summed E-state index contributed by atoms with van der Waals surface area (Å²) < 4.78 is 3.98. The van der Waals surface area contributed by atoms with Crippen LogP contribution in [0.5, 0.6) is 5.75 Å². The van der Waals surface area contributed by atoms with Gasteiger partial charge >= 0.3 is 0 Å². The minimum Gasteiger partial charge on any atom is -0.505 e. The molecular formula is C21H21N7O3S3. The standard InChI is InChI=1S/C21H21N7O3S3/c29-15-12-32-28-14(15)11-17(31)23-21-27-25-19(34-21)9-5-4-8-18-24-26-20(33-18)22-16(30)10-13-6-2-1-3-7-13/h1-3,6-7,12,29H,4-5,8-11H2,(H,22,26,30)(H,23,27,31). The van der Waals surface area contributed by atoms with Crippen LogP contribution in [0.25, 0.3) is 0 Å². The fourth-order valence-electron chi connectivity index (χ4n) is 3.00. The second kappa shape index (κ2) is 11.7. The topological polar surface area (TPSA) is 143 Å². The molecule has 0 aliphatic carbocycles. The molecule has 3 heterocycles. The molecule has 10 nitrogen and oxygen atoms in total. The van der Waals surface area contributed by atoms with E-state index < -0.39 is 0 Å². The molecule has 34 heavy (non-hydrogen) atoms. The van der Waals surface area contributed by atoms with Crippen molar-refractivity contribution in [1.29, 1.82) is 0 Å². The molecule has 0 atom stereocenters. The van der Waals surface area contributed by atoms with Crippen molar-refractivity contribution in [2.75, 3.05) is 10.6 Å². The number of aryl methyl sites for hydroxylation is 2. The molecule has 1 aromatic carbocycles. The van der Waals surface area contributed by atoms with Gasteiger partial charge in [0.25, 0.3) is 0 Å². The molecule has 0 fully saturated rings. The van der Waals surface area contributed by atoms with Gasteiger partial charge in [0.05, 0.1) is 18.2 Å². The van der Waals surface area contributed by atoms with Gasteiger partial charge in [-0.3, -0.25) is 9.59 Å². The predicted octanol–water partition coefficient (Wildman–Crippen LogP) is 3.48. The van der Waals surface area contributed by atoms with Crippen molar-refractivity contribution in [3.05, 3.63) is 57.0 Å². The van der Waals surface area contributed by atoms with Gasteiger partial charge < -0.3 is 15.7 Å². The summed E-state index contributed by atoms with van der Waals surface area (Å²) in [6.07, 6.45) is 3.54. The first-order chi connectivity index (χ1) is 16.5. The first-order valence-electron chi connectivity index (χ1n) is 10.5. The summed E-state index contributed by atoms with van der Waals surface area (Å²) >= 11 is 3.81. The summed E-state index contributed by atoms with van der Waals surface area (Å²) in [7, 11) is 0. The van der Waals surface area contributed by atoms with Crippen molar-refractivity contribution >= 4 is 56.3 Å². The zero-order chi connectivity index (χ0) is 23.8. The fourth-order valence-corrected chi connectivity index (χ4v) is 5.17. The number of aromatic hydroxyl groups is 1. The summed E-state index contributed by atoms with van der Waals surface area (Å²) in [5, 5.41) is 35.5. The molecule has 3 N–H and O–H groups in total. The monoisotopic (exact) mass is 515 g/mol. The van der Waals surface area contributed by atoms with E-state index in [1.165, 1.54) is 28.1 Å². The Morgan fingerprint density at radius 1 is 0.824 bits per heavy atom. The lowest BCUT2D eigenvalue weighted by molar-refractivity contribution is -0.116. The average molecular weight is 516 g/mol. The second-order valence-electron chi connectivity index (χ2n) is 7.29. The second-order valence-corrected chi connectivity index (χ2v) is 10.0. The Morgan fingerprint density at radius 2 is 1.41 bits per heavy atom. The number of hydrogen-bond donors (Lipinski definition) is 3. The van der Waals surface area contributed by atoms with E-state index in [0.29, 0.717) is 22.4 Å². The number of rotatable bonds is 11. The smallest absolute Gasteiger partial charge is 0.232 e. The van der Waals surface area contributed by atoms with Crippen LogP contribution in [0.1, 0.15) is 34.1 Å². The summed E-state index contributed by atoms with van der Waals surface area (Å²) in [6.45, 7) is 0. The molecule has 0 radical (unpaired) electrons. The van der Waals surface area contributed by atoms with Gasteiger partial charge in [-0.05, 0) is 29.9 Å². The number of carbonyl (C=O) groups excluding carboxylic acids is 2. The minimum absolute atomic E-state index is 0.0131. The Labute approximate surface area is 207 Å². The molecule has 2 amide bonds. The highest BCUT2D eigenvalue weighted by Gasteiger charge is 2.13. The quantitative estimate of drug-likeness (QED) is 0.258. The zero-order valence-electron chi connectivity index (χ0n) is 17.9. The number of carbonyl (C=O) groups is 2. The Bertz CT molecular complexity index is 1240. The molecule has 13 heteroatoms. The summed E-state index contributed by atoms with van der Waals surface area (Å²) in [4.78, 5) is 24.2. The first-order valence-corrected chi connectivity index (χ1v) is 12.9. The molecule has 176 valence electrons. The lowest BCUT2D eigenvalue weighted by Gasteiger charge is -2.00. The van der Waals surface area contributed by atoms with Crippen molar-refractivity contribution < 1.29 is 14.7 Å². The molecule has 0 saturated heterocycles. The summed E-state index contributed by atoms with van der Waals surface area (Å²) in [5.41, 5.74) is 1.30. The Hall–Kier alpha value is -3.29. The van der Waals surface area contributed by atoms with Crippen molar-refractivity contribution in [2.24, 2.45) is 0 Å². The number of amides is 2. The predicted molar refractivity (Wildman–Crippen MR) is 131 cm³/mol. The van der Waals surface area contributed by atoms with Gasteiger partial charge in [0.2, 0.25) is 22.1 Å². The normalized spacial score (nSPS) is 10.8. The number of nitrogens with one attached hydrogen (secondary N) is 2. The van der Waals surface area contributed by atoms with E-state index in [1.54, 1.807) is 0 Å². The van der Waals surface area contributed by atoms with E-state index in [2.05, 4.69) is 35.4 Å². The van der Waals surface area contributed by atoms with Crippen molar-refractivity contribution in [3.8, 4) is 5.75 Å².